The van der Waals surface area contributed by atoms with Gasteiger partial charge in [-0.2, -0.15) is 0 Å². The van der Waals surface area contributed by atoms with Crippen LogP contribution in [0.25, 0.3) is 0 Å². The zero-order chi connectivity index (χ0) is 12.5. The molecule has 1 fully saturated rings. The highest BCUT2D eigenvalue weighted by molar-refractivity contribution is 4.70. The quantitative estimate of drug-likeness (QED) is 0.649. The highest BCUT2D eigenvalue weighted by Crippen LogP contribution is 2.01. The van der Waals surface area contributed by atoms with Crippen molar-refractivity contribution in [1.82, 2.24) is 10.2 Å². The second-order valence-corrected chi connectivity index (χ2v) is 5.09. The van der Waals surface area contributed by atoms with E-state index in [1.807, 2.05) is 0 Å². The van der Waals surface area contributed by atoms with Gasteiger partial charge in [0.1, 0.15) is 0 Å². The zero-order valence-electron chi connectivity index (χ0n) is 11.6. The third-order valence-electron chi connectivity index (χ3n) is 2.91. The van der Waals surface area contributed by atoms with Crippen molar-refractivity contribution in [3.05, 3.63) is 0 Å². The fourth-order valence-electron chi connectivity index (χ4n) is 1.92. The first-order valence-corrected chi connectivity index (χ1v) is 6.81. The number of hydrogen-bond donors (Lipinski definition) is 1. The number of rotatable bonds is 8. The summed E-state index contributed by atoms with van der Waals surface area (Å²) in [6, 6.07) is 0. The summed E-state index contributed by atoms with van der Waals surface area (Å²) in [5, 5.41) is 3.46. The van der Waals surface area contributed by atoms with Crippen LogP contribution in [0.3, 0.4) is 0 Å². The molecule has 0 aromatic rings. The van der Waals surface area contributed by atoms with E-state index < -0.39 is 0 Å². The second kappa shape index (κ2) is 8.86. The normalized spacial score (nSPS) is 22.2. The van der Waals surface area contributed by atoms with Crippen LogP contribution in [0, 0.1) is 0 Å². The summed E-state index contributed by atoms with van der Waals surface area (Å²) in [6.45, 7) is 10.0. The summed E-state index contributed by atoms with van der Waals surface area (Å²) in [7, 11) is 2.15. The van der Waals surface area contributed by atoms with Crippen LogP contribution in [-0.4, -0.2) is 63.5 Å². The fourth-order valence-corrected chi connectivity index (χ4v) is 1.92. The monoisotopic (exact) mass is 244 g/mol. The number of nitrogens with one attached hydrogen (secondary N) is 1. The molecule has 17 heavy (non-hydrogen) atoms. The van der Waals surface area contributed by atoms with Gasteiger partial charge in [-0.1, -0.05) is 0 Å². The topological polar surface area (TPSA) is 33.7 Å². The third kappa shape index (κ3) is 7.71. The molecule has 4 nitrogen and oxygen atoms in total. The van der Waals surface area contributed by atoms with Crippen molar-refractivity contribution in [1.29, 1.82) is 0 Å². The first kappa shape index (κ1) is 14.9. The van der Waals surface area contributed by atoms with E-state index in [1.165, 1.54) is 6.42 Å². The molecular weight excluding hydrogens is 216 g/mol. The lowest BCUT2D eigenvalue weighted by molar-refractivity contribution is -0.0180. The Labute approximate surface area is 106 Å². The van der Waals surface area contributed by atoms with E-state index in [0.29, 0.717) is 12.2 Å². The van der Waals surface area contributed by atoms with Crippen molar-refractivity contribution >= 4 is 0 Å². The SMILES string of the molecule is CC(C)OCCCCNCC1CN(C)CCO1. The fraction of sp³-hybridized carbons (Fsp3) is 1.00. The first-order valence-electron chi connectivity index (χ1n) is 6.81. The molecule has 1 unspecified atom stereocenters. The molecule has 0 aliphatic carbocycles. The van der Waals surface area contributed by atoms with Gasteiger partial charge in [-0.05, 0) is 40.3 Å². The molecular formula is C13H28N2O2. The Hall–Kier alpha value is -0.160. The highest BCUT2D eigenvalue weighted by Gasteiger charge is 2.16. The van der Waals surface area contributed by atoms with Crippen LogP contribution >= 0.6 is 0 Å². The average Bonchev–Trinajstić information content (AvgIpc) is 2.27. The lowest BCUT2D eigenvalue weighted by Gasteiger charge is -2.30. The molecule has 1 saturated heterocycles. The van der Waals surface area contributed by atoms with Gasteiger partial charge in [-0.15, -0.1) is 0 Å². The Morgan fingerprint density at radius 1 is 1.41 bits per heavy atom. The molecule has 102 valence electrons. The summed E-state index contributed by atoms with van der Waals surface area (Å²) in [5.41, 5.74) is 0. The number of nitrogens with zero attached hydrogens (tertiary/aromatic N) is 1. The van der Waals surface area contributed by atoms with Gasteiger partial charge in [0.2, 0.25) is 0 Å². The Kier molecular flexibility index (Phi) is 7.77. The van der Waals surface area contributed by atoms with Crippen LogP contribution < -0.4 is 5.32 Å². The molecule has 1 rings (SSSR count). The highest BCUT2D eigenvalue weighted by atomic mass is 16.5. The molecule has 0 radical (unpaired) electrons. The minimum absolute atomic E-state index is 0.356. The maximum Gasteiger partial charge on any atom is 0.0826 e. The van der Waals surface area contributed by atoms with Crippen molar-refractivity contribution < 1.29 is 9.47 Å². The van der Waals surface area contributed by atoms with E-state index in [1.54, 1.807) is 0 Å². The standard InChI is InChI=1S/C13H28N2O2/c1-12(2)16-8-5-4-6-14-10-13-11-15(3)7-9-17-13/h12-14H,4-11H2,1-3H3. The van der Waals surface area contributed by atoms with E-state index >= 15 is 0 Å². The van der Waals surface area contributed by atoms with E-state index in [2.05, 4.69) is 31.1 Å². The molecule has 1 aliphatic heterocycles. The van der Waals surface area contributed by atoms with Crippen molar-refractivity contribution in [3.63, 3.8) is 0 Å². The first-order chi connectivity index (χ1) is 8.18. The van der Waals surface area contributed by atoms with Gasteiger partial charge in [-0.3, -0.25) is 0 Å². The maximum absolute atomic E-state index is 5.68. The number of ether oxygens (including phenoxy) is 2. The predicted molar refractivity (Wildman–Crippen MR) is 70.4 cm³/mol. The van der Waals surface area contributed by atoms with Gasteiger partial charge in [0.25, 0.3) is 0 Å². The van der Waals surface area contributed by atoms with Crippen molar-refractivity contribution in [2.45, 2.75) is 38.9 Å². The summed E-state index contributed by atoms with van der Waals surface area (Å²) in [5.74, 6) is 0. The predicted octanol–water partition coefficient (Wildman–Crippen LogP) is 1.11. The molecule has 4 heteroatoms. The zero-order valence-corrected chi connectivity index (χ0v) is 11.6. The van der Waals surface area contributed by atoms with Crippen LogP contribution in [0.1, 0.15) is 26.7 Å². The molecule has 1 N–H and O–H groups in total. The van der Waals surface area contributed by atoms with E-state index in [4.69, 9.17) is 9.47 Å². The molecule has 1 atom stereocenters. The second-order valence-electron chi connectivity index (χ2n) is 5.09. The van der Waals surface area contributed by atoms with Gasteiger partial charge in [0.15, 0.2) is 0 Å². The molecule has 0 aromatic carbocycles. The Morgan fingerprint density at radius 3 is 2.94 bits per heavy atom. The summed E-state index contributed by atoms with van der Waals surface area (Å²) < 4.78 is 11.2. The maximum atomic E-state index is 5.68. The smallest absolute Gasteiger partial charge is 0.0826 e. The van der Waals surface area contributed by atoms with Gasteiger partial charge in [-0.25, -0.2) is 0 Å². The van der Waals surface area contributed by atoms with Crippen LogP contribution in [-0.2, 0) is 9.47 Å². The number of hydrogen-bond acceptors (Lipinski definition) is 4. The van der Waals surface area contributed by atoms with E-state index in [0.717, 1.165) is 45.8 Å². The van der Waals surface area contributed by atoms with Crippen LogP contribution in [0.15, 0.2) is 0 Å². The molecule has 0 bridgehead atoms. The minimum atomic E-state index is 0.356. The lowest BCUT2D eigenvalue weighted by Crippen LogP contribution is -2.44. The van der Waals surface area contributed by atoms with Gasteiger partial charge in [0, 0.05) is 26.2 Å². The molecule has 0 spiro atoms. The van der Waals surface area contributed by atoms with E-state index in [-0.39, 0.29) is 0 Å². The van der Waals surface area contributed by atoms with Crippen molar-refractivity contribution in [2.24, 2.45) is 0 Å². The largest absolute Gasteiger partial charge is 0.379 e. The van der Waals surface area contributed by atoms with Crippen LogP contribution in [0.4, 0.5) is 0 Å². The number of likely N-dealkylation sites (N-methyl/N-ethyl adjacent to an activating group) is 1. The summed E-state index contributed by atoms with van der Waals surface area (Å²) in [6.07, 6.45) is 3.03. The molecule has 0 aromatic heterocycles. The molecule has 0 saturated carbocycles. The molecule has 0 amide bonds. The van der Waals surface area contributed by atoms with Crippen molar-refractivity contribution in [3.8, 4) is 0 Å². The Morgan fingerprint density at radius 2 is 2.24 bits per heavy atom. The van der Waals surface area contributed by atoms with Gasteiger partial charge < -0.3 is 19.7 Å². The van der Waals surface area contributed by atoms with Crippen molar-refractivity contribution in [2.75, 3.05) is 46.4 Å². The Bertz CT molecular complexity index is 188. The number of morpholine rings is 1. The van der Waals surface area contributed by atoms with Gasteiger partial charge in [0.05, 0.1) is 18.8 Å². The number of unbranched alkanes of at least 4 members (excludes halogenated alkanes) is 1. The van der Waals surface area contributed by atoms with Crippen LogP contribution in [0.2, 0.25) is 0 Å². The van der Waals surface area contributed by atoms with Crippen LogP contribution in [0.5, 0.6) is 0 Å². The molecule has 1 aliphatic rings. The third-order valence-corrected chi connectivity index (χ3v) is 2.91. The minimum Gasteiger partial charge on any atom is -0.379 e. The summed E-state index contributed by atoms with van der Waals surface area (Å²) in [4.78, 5) is 2.33. The molecule has 1 heterocycles. The average molecular weight is 244 g/mol. The van der Waals surface area contributed by atoms with Gasteiger partial charge >= 0.3 is 0 Å². The lowest BCUT2D eigenvalue weighted by atomic mass is 10.2. The van der Waals surface area contributed by atoms with E-state index in [9.17, 15) is 0 Å². The Balaban J connectivity index is 1.86. The summed E-state index contributed by atoms with van der Waals surface area (Å²) >= 11 is 0.